The van der Waals surface area contributed by atoms with E-state index in [2.05, 4.69) is 13.8 Å². The summed E-state index contributed by atoms with van der Waals surface area (Å²) in [6.07, 6.45) is 8.65. The van der Waals surface area contributed by atoms with Gasteiger partial charge in [0.05, 0.1) is 11.3 Å². The number of carbonyl (C=O) groups is 1. The molecule has 0 saturated carbocycles. The Morgan fingerprint density at radius 1 is 1.16 bits per heavy atom. The Hall–Kier alpha value is -2.37. The van der Waals surface area contributed by atoms with Gasteiger partial charge in [0, 0.05) is 18.9 Å². The largest absolute Gasteiger partial charge is 0.478 e. The molecule has 0 spiro atoms. The summed E-state index contributed by atoms with van der Waals surface area (Å²) >= 11 is 0. The molecule has 1 aromatic carbocycles. The Bertz CT molecular complexity index is 773. The van der Waals surface area contributed by atoms with Gasteiger partial charge in [0.15, 0.2) is 0 Å². The standard InChI is InChI=1S/C19H25FN2O3/c1-3-5-14(6-4-2)9-10-21-11-12-22(19(21)25)17-8-7-15(18(23)24)13-16(17)20/h7-8,11-14H,3-6,9-10H2,1-2H3,(H,23,24). The minimum absolute atomic E-state index is 0.0624. The number of hydrogen-bond donors (Lipinski definition) is 1. The molecule has 6 heteroatoms. The minimum atomic E-state index is -1.20. The van der Waals surface area contributed by atoms with Gasteiger partial charge in [-0.2, -0.15) is 0 Å². The lowest BCUT2D eigenvalue weighted by Crippen LogP contribution is -2.24. The van der Waals surface area contributed by atoms with E-state index < -0.39 is 11.8 Å². The van der Waals surface area contributed by atoms with Crippen molar-refractivity contribution in [2.45, 2.75) is 52.5 Å². The van der Waals surface area contributed by atoms with Gasteiger partial charge in [0.25, 0.3) is 0 Å². The summed E-state index contributed by atoms with van der Waals surface area (Å²) in [4.78, 5) is 23.4. The van der Waals surface area contributed by atoms with Gasteiger partial charge < -0.3 is 5.11 Å². The van der Waals surface area contributed by atoms with Crippen molar-refractivity contribution < 1.29 is 14.3 Å². The van der Waals surface area contributed by atoms with Crippen LogP contribution in [0, 0.1) is 11.7 Å². The number of carboxylic acids is 1. The summed E-state index contributed by atoms with van der Waals surface area (Å²) in [5.41, 5.74) is -0.392. The topological polar surface area (TPSA) is 64.2 Å². The highest BCUT2D eigenvalue weighted by atomic mass is 19.1. The van der Waals surface area contributed by atoms with Gasteiger partial charge in [0.1, 0.15) is 5.82 Å². The quantitative estimate of drug-likeness (QED) is 0.742. The van der Waals surface area contributed by atoms with E-state index in [1.807, 2.05) is 0 Å². The molecule has 136 valence electrons. The molecule has 0 unspecified atom stereocenters. The summed E-state index contributed by atoms with van der Waals surface area (Å²) < 4.78 is 17.0. The smallest absolute Gasteiger partial charge is 0.335 e. The van der Waals surface area contributed by atoms with Crippen molar-refractivity contribution in [3.05, 3.63) is 52.5 Å². The molecule has 0 bridgehead atoms. The van der Waals surface area contributed by atoms with Crippen LogP contribution in [0.2, 0.25) is 0 Å². The number of aromatic nitrogens is 2. The van der Waals surface area contributed by atoms with Crippen molar-refractivity contribution in [2.75, 3.05) is 0 Å². The lowest BCUT2D eigenvalue weighted by atomic mass is 9.95. The van der Waals surface area contributed by atoms with Crippen LogP contribution in [0.4, 0.5) is 4.39 Å². The predicted octanol–water partition coefficient (Wildman–Crippen LogP) is 4.08. The molecule has 0 radical (unpaired) electrons. The third-order valence-electron chi connectivity index (χ3n) is 4.47. The Morgan fingerprint density at radius 3 is 2.40 bits per heavy atom. The van der Waals surface area contributed by atoms with Crippen molar-refractivity contribution in [1.29, 1.82) is 0 Å². The molecule has 2 aromatic rings. The van der Waals surface area contributed by atoms with Crippen LogP contribution in [-0.2, 0) is 6.54 Å². The number of nitrogens with zero attached hydrogens (tertiary/aromatic N) is 2. The molecule has 5 nitrogen and oxygen atoms in total. The van der Waals surface area contributed by atoms with Crippen molar-refractivity contribution in [2.24, 2.45) is 5.92 Å². The monoisotopic (exact) mass is 348 g/mol. The Kier molecular flexibility index (Phi) is 6.56. The zero-order valence-electron chi connectivity index (χ0n) is 14.7. The highest BCUT2D eigenvalue weighted by Gasteiger charge is 2.14. The second kappa shape index (κ2) is 8.65. The Morgan fingerprint density at radius 2 is 1.84 bits per heavy atom. The highest BCUT2D eigenvalue weighted by Crippen LogP contribution is 2.18. The van der Waals surface area contributed by atoms with E-state index in [1.165, 1.54) is 22.9 Å². The lowest BCUT2D eigenvalue weighted by Gasteiger charge is -2.14. The van der Waals surface area contributed by atoms with Gasteiger partial charge in [-0.3, -0.25) is 9.13 Å². The normalized spacial score (nSPS) is 11.2. The molecular formula is C19H25FN2O3. The fourth-order valence-corrected chi connectivity index (χ4v) is 3.17. The first-order valence-electron chi connectivity index (χ1n) is 8.78. The molecule has 0 fully saturated rings. The third kappa shape index (κ3) is 4.59. The highest BCUT2D eigenvalue weighted by molar-refractivity contribution is 5.87. The molecule has 0 aliphatic rings. The SMILES string of the molecule is CCCC(CCC)CCn1ccn(-c2ccc(C(=O)O)cc2F)c1=O. The van der Waals surface area contributed by atoms with Crippen LogP contribution < -0.4 is 5.69 Å². The molecule has 0 amide bonds. The van der Waals surface area contributed by atoms with E-state index in [0.29, 0.717) is 12.5 Å². The van der Waals surface area contributed by atoms with Crippen LogP contribution >= 0.6 is 0 Å². The third-order valence-corrected chi connectivity index (χ3v) is 4.47. The Balaban J connectivity index is 2.18. The summed E-state index contributed by atoms with van der Waals surface area (Å²) in [7, 11) is 0. The summed E-state index contributed by atoms with van der Waals surface area (Å²) in [5.74, 6) is -1.33. The van der Waals surface area contributed by atoms with Gasteiger partial charge in [-0.1, -0.05) is 39.5 Å². The first-order valence-corrected chi connectivity index (χ1v) is 8.78. The van der Waals surface area contributed by atoms with E-state index in [1.54, 1.807) is 10.8 Å². The van der Waals surface area contributed by atoms with Crippen LogP contribution in [0.15, 0.2) is 35.4 Å². The zero-order valence-corrected chi connectivity index (χ0v) is 14.7. The van der Waals surface area contributed by atoms with Crippen molar-refractivity contribution in [3.63, 3.8) is 0 Å². The van der Waals surface area contributed by atoms with Crippen molar-refractivity contribution in [3.8, 4) is 5.69 Å². The number of aryl methyl sites for hydroxylation is 1. The van der Waals surface area contributed by atoms with Crippen LogP contribution in [0.3, 0.4) is 0 Å². The van der Waals surface area contributed by atoms with Gasteiger partial charge in [-0.25, -0.2) is 14.0 Å². The number of halogens is 1. The van der Waals surface area contributed by atoms with E-state index in [4.69, 9.17) is 5.11 Å². The van der Waals surface area contributed by atoms with Gasteiger partial charge in [-0.05, 0) is 30.5 Å². The van der Waals surface area contributed by atoms with Gasteiger partial charge >= 0.3 is 11.7 Å². The maximum Gasteiger partial charge on any atom is 0.335 e. The number of aromatic carboxylic acids is 1. The molecule has 0 aliphatic heterocycles. The van der Waals surface area contributed by atoms with Crippen LogP contribution in [0.5, 0.6) is 0 Å². The fourth-order valence-electron chi connectivity index (χ4n) is 3.17. The molecule has 2 rings (SSSR count). The maximum absolute atomic E-state index is 14.2. The van der Waals surface area contributed by atoms with Gasteiger partial charge in [0.2, 0.25) is 0 Å². The molecule has 0 aliphatic carbocycles. The summed E-state index contributed by atoms with van der Waals surface area (Å²) in [6.45, 7) is 4.93. The molecule has 1 heterocycles. The summed E-state index contributed by atoms with van der Waals surface area (Å²) in [5, 5.41) is 8.90. The van der Waals surface area contributed by atoms with E-state index in [9.17, 15) is 14.0 Å². The molecule has 0 saturated heterocycles. The zero-order chi connectivity index (χ0) is 18.4. The molecule has 25 heavy (non-hydrogen) atoms. The molecular weight excluding hydrogens is 323 g/mol. The van der Waals surface area contributed by atoms with Crippen molar-refractivity contribution >= 4 is 5.97 Å². The average molecular weight is 348 g/mol. The molecule has 0 atom stereocenters. The second-order valence-corrected chi connectivity index (χ2v) is 6.35. The molecule has 1 aromatic heterocycles. The number of rotatable bonds is 9. The Labute approximate surface area is 146 Å². The minimum Gasteiger partial charge on any atom is -0.478 e. The van der Waals surface area contributed by atoms with E-state index in [-0.39, 0.29) is 16.9 Å². The van der Waals surface area contributed by atoms with Crippen LogP contribution in [-0.4, -0.2) is 20.2 Å². The first-order chi connectivity index (χ1) is 12.0. The van der Waals surface area contributed by atoms with E-state index in [0.717, 1.165) is 38.2 Å². The van der Waals surface area contributed by atoms with Crippen molar-refractivity contribution in [1.82, 2.24) is 9.13 Å². The maximum atomic E-state index is 14.2. The lowest BCUT2D eigenvalue weighted by molar-refractivity contribution is 0.0696. The number of imidazole rings is 1. The van der Waals surface area contributed by atoms with Crippen LogP contribution in [0.25, 0.3) is 5.69 Å². The fraction of sp³-hybridized carbons (Fsp3) is 0.474. The number of hydrogen-bond acceptors (Lipinski definition) is 2. The number of benzene rings is 1. The van der Waals surface area contributed by atoms with Gasteiger partial charge in [-0.15, -0.1) is 0 Å². The van der Waals surface area contributed by atoms with E-state index >= 15 is 0 Å². The predicted molar refractivity (Wildman–Crippen MR) is 94.9 cm³/mol. The molecule has 1 N–H and O–H groups in total. The average Bonchev–Trinajstić information content (AvgIpc) is 2.93. The second-order valence-electron chi connectivity index (χ2n) is 6.35. The number of carboxylic acid groups (broad SMARTS) is 1. The van der Waals surface area contributed by atoms with Crippen LogP contribution in [0.1, 0.15) is 56.3 Å². The summed E-state index contributed by atoms with van der Waals surface area (Å²) in [6, 6.07) is 3.55. The first kappa shape index (κ1) is 19.0.